The number of aromatic nitrogens is 1. The van der Waals surface area contributed by atoms with Gasteiger partial charge >= 0.3 is 5.97 Å². The molecule has 0 aliphatic carbocycles. The number of pyridine rings is 1. The lowest BCUT2D eigenvalue weighted by Gasteiger charge is -2.22. The van der Waals surface area contributed by atoms with Crippen LogP contribution in [-0.2, 0) is 9.47 Å². The smallest absolute Gasteiger partial charge is 0.339 e. The molecule has 0 aromatic carbocycles. The summed E-state index contributed by atoms with van der Waals surface area (Å²) in [6.45, 7) is 3.03. The number of carbonyl (C=O) groups excluding carboxylic acids is 1. The molecule has 1 fully saturated rings. The van der Waals surface area contributed by atoms with E-state index in [1.54, 1.807) is 18.3 Å². The van der Waals surface area contributed by atoms with Gasteiger partial charge < -0.3 is 9.47 Å². The van der Waals surface area contributed by atoms with E-state index < -0.39 is 0 Å². The maximum atomic E-state index is 11.6. The molecule has 86 valence electrons. The standard InChI is InChI=1S/C12H15NO3/c1-12(5-3-7-16-12)9-15-11(14)10-4-2-6-13-8-10/h2,4,6,8H,3,5,7,9H2,1H3/t12-/m0/s1. The highest BCUT2D eigenvalue weighted by Crippen LogP contribution is 2.25. The van der Waals surface area contributed by atoms with Gasteiger partial charge in [0, 0.05) is 19.0 Å². The average Bonchev–Trinajstić information content (AvgIpc) is 2.75. The number of nitrogens with zero attached hydrogens (tertiary/aromatic N) is 1. The van der Waals surface area contributed by atoms with Gasteiger partial charge in [-0.25, -0.2) is 4.79 Å². The predicted octanol–water partition coefficient (Wildman–Crippen LogP) is 1.81. The maximum absolute atomic E-state index is 11.6. The molecule has 1 aromatic rings. The molecule has 4 nitrogen and oxygen atoms in total. The van der Waals surface area contributed by atoms with Crippen molar-refractivity contribution in [3.8, 4) is 0 Å². The van der Waals surface area contributed by atoms with E-state index in [0.717, 1.165) is 19.4 Å². The van der Waals surface area contributed by atoms with Crippen molar-refractivity contribution in [2.75, 3.05) is 13.2 Å². The minimum Gasteiger partial charge on any atom is -0.459 e. The van der Waals surface area contributed by atoms with Crippen LogP contribution in [-0.4, -0.2) is 29.8 Å². The monoisotopic (exact) mass is 221 g/mol. The van der Waals surface area contributed by atoms with Crippen LogP contribution in [0.25, 0.3) is 0 Å². The highest BCUT2D eigenvalue weighted by molar-refractivity contribution is 5.88. The number of carbonyl (C=O) groups is 1. The fourth-order valence-electron chi connectivity index (χ4n) is 1.74. The molecule has 1 saturated heterocycles. The molecule has 0 spiro atoms. The molecule has 1 aromatic heterocycles. The van der Waals surface area contributed by atoms with Gasteiger partial charge in [0.1, 0.15) is 6.61 Å². The Morgan fingerprint density at radius 3 is 3.19 bits per heavy atom. The summed E-state index contributed by atoms with van der Waals surface area (Å²) in [7, 11) is 0. The zero-order chi connectivity index (χ0) is 11.4. The Morgan fingerprint density at radius 2 is 2.56 bits per heavy atom. The van der Waals surface area contributed by atoms with Gasteiger partial charge in [0.15, 0.2) is 0 Å². The fourth-order valence-corrected chi connectivity index (χ4v) is 1.74. The largest absolute Gasteiger partial charge is 0.459 e. The zero-order valence-electron chi connectivity index (χ0n) is 9.31. The van der Waals surface area contributed by atoms with Crippen molar-refractivity contribution in [3.05, 3.63) is 30.1 Å². The number of rotatable bonds is 3. The molecular formula is C12H15NO3. The summed E-state index contributed by atoms with van der Waals surface area (Å²) in [6.07, 6.45) is 5.09. The summed E-state index contributed by atoms with van der Waals surface area (Å²) in [4.78, 5) is 15.5. The minimum atomic E-state index is -0.343. The third-order valence-corrected chi connectivity index (χ3v) is 2.71. The highest BCUT2D eigenvalue weighted by atomic mass is 16.6. The third kappa shape index (κ3) is 2.58. The zero-order valence-corrected chi connectivity index (χ0v) is 9.31. The van der Waals surface area contributed by atoms with Crippen LogP contribution >= 0.6 is 0 Å². The molecule has 0 N–H and O–H groups in total. The SMILES string of the molecule is C[C@@]1(COC(=O)c2cccnc2)CCCO1. The van der Waals surface area contributed by atoms with Crippen LogP contribution in [0.15, 0.2) is 24.5 Å². The van der Waals surface area contributed by atoms with E-state index in [-0.39, 0.29) is 11.6 Å². The van der Waals surface area contributed by atoms with E-state index in [2.05, 4.69) is 4.98 Å². The van der Waals surface area contributed by atoms with Crippen molar-refractivity contribution >= 4 is 5.97 Å². The first kappa shape index (κ1) is 11.1. The van der Waals surface area contributed by atoms with Crippen molar-refractivity contribution in [3.63, 3.8) is 0 Å². The highest BCUT2D eigenvalue weighted by Gasteiger charge is 2.31. The molecule has 1 aliphatic heterocycles. The molecule has 0 unspecified atom stereocenters. The van der Waals surface area contributed by atoms with Gasteiger partial charge in [-0.3, -0.25) is 4.98 Å². The quantitative estimate of drug-likeness (QED) is 0.730. The Balaban J connectivity index is 1.89. The Morgan fingerprint density at radius 1 is 1.69 bits per heavy atom. The van der Waals surface area contributed by atoms with Gasteiger partial charge in [0.2, 0.25) is 0 Å². The summed E-state index contributed by atoms with van der Waals surface area (Å²) >= 11 is 0. The lowest BCUT2D eigenvalue weighted by atomic mass is 10.0. The van der Waals surface area contributed by atoms with Crippen molar-refractivity contribution in [2.24, 2.45) is 0 Å². The summed E-state index contributed by atoms with van der Waals surface area (Å²) in [5, 5.41) is 0. The summed E-state index contributed by atoms with van der Waals surface area (Å²) in [5.41, 5.74) is 0.168. The summed E-state index contributed by atoms with van der Waals surface area (Å²) < 4.78 is 10.7. The van der Waals surface area contributed by atoms with Crippen LogP contribution in [0.2, 0.25) is 0 Å². The van der Waals surface area contributed by atoms with Crippen molar-refractivity contribution in [1.29, 1.82) is 0 Å². The third-order valence-electron chi connectivity index (χ3n) is 2.71. The molecule has 0 saturated carbocycles. The van der Waals surface area contributed by atoms with E-state index in [4.69, 9.17) is 9.47 Å². The van der Waals surface area contributed by atoms with E-state index in [0.29, 0.717) is 12.2 Å². The van der Waals surface area contributed by atoms with Crippen LogP contribution < -0.4 is 0 Å². The van der Waals surface area contributed by atoms with Crippen LogP contribution in [0, 0.1) is 0 Å². The van der Waals surface area contributed by atoms with Gasteiger partial charge in [-0.2, -0.15) is 0 Å². The molecule has 1 aliphatic rings. The molecule has 1 atom stereocenters. The first-order valence-electron chi connectivity index (χ1n) is 5.41. The average molecular weight is 221 g/mol. The lowest BCUT2D eigenvalue weighted by Crippen LogP contribution is -2.31. The second kappa shape index (κ2) is 4.61. The molecule has 0 bridgehead atoms. The van der Waals surface area contributed by atoms with E-state index in [1.807, 2.05) is 6.92 Å². The molecule has 0 radical (unpaired) electrons. The minimum absolute atomic E-state index is 0.306. The van der Waals surface area contributed by atoms with Crippen molar-refractivity contribution in [1.82, 2.24) is 4.98 Å². The van der Waals surface area contributed by atoms with Gasteiger partial charge in [0.05, 0.1) is 11.2 Å². The number of hydrogen-bond acceptors (Lipinski definition) is 4. The van der Waals surface area contributed by atoms with Gasteiger partial charge in [-0.15, -0.1) is 0 Å². The van der Waals surface area contributed by atoms with E-state index >= 15 is 0 Å². The predicted molar refractivity (Wildman–Crippen MR) is 58.1 cm³/mol. The van der Waals surface area contributed by atoms with Gasteiger partial charge in [-0.05, 0) is 31.9 Å². The number of hydrogen-bond donors (Lipinski definition) is 0. The van der Waals surface area contributed by atoms with Gasteiger partial charge in [0.25, 0.3) is 0 Å². The van der Waals surface area contributed by atoms with E-state index in [9.17, 15) is 4.79 Å². The summed E-state index contributed by atoms with van der Waals surface area (Å²) in [6, 6.07) is 3.40. The lowest BCUT2D eigenvalue weighted by molar-refractivity contribution is -0.0378. The van der Waals surface area contributed by atoms with Crippen LogP contribution in [0.5, 0.6) is 0 Å². The molecular weight excluding hydrogens is 206 g/mol. The fraction of sp³-hybridized carbons (Fsp3) is 0.500. The Bertz CT molecular complexity index is 358. The maximum Gasteiger partial charge on any atom is 0.339 e. The van der Waals surface area contributed by atoms with Crippen LogP contribution in [0.3, 0.4) is 0 Å². The Hall–Kier alpha value is -1.42. The molecule has 4 heteroatoms. The molecule has 2 heterocycles. The Labute approximate surface area is 94.6 Å². The Kier molecular flexibility index (Phi) is 3.19. The summed E-state index contributed by atoms with van der Waals surface area (Å²) in [5.74, 6) is -0.343. The first-order chi connectivity index (χ1) is 7.70. The number of esters is 1. The molecule has 16 heavy (non-hydrogen) atoms. The number of ether oxygens (including phenoxy) is 2. The van der Waals surface area contributed by atoms with Crippen molar-refractivity contribution < 1.29 is 14.3 Å². The first-order valence-corrected chi connectivity index (χ1v) is 5.41. The van der Waals surface area contributed by atoms with Crippen LogP contribution in [0.1, 0.15) is 30.1 Å². The second-order valence-corrected chi connectivity index (χ2v) is 4.22. The van der Waals surface area contributed by atoms with Gasteiger partial charge in [-0.1, -0.05) is 0 Å². The van der Waals surface area contributed by atoms with E-state index in [1.165, 1.54) is 6.20 Å². The second-order valence-electron chi connectivity index (χ2n) is 4.22. The van der Waals surface area contributed by atoms with Crippen LogP contribution in [0.4, 0.5) is 0 Å². The topological polar surface area (TPSA) is 48.4 Å². The normalized spacial score (nSPS) is 24.3. The van der Waals surface area contributed by atoms with Crippen molar-refractivity contribution in [2.45, 2.75) is 25.4 Å². The molecule has 2 rings (SSSR count). The molecule has 0 amide bonds.